The Morgan fingerprint density at radius 1 is 1.05 bits per heavy atom. The maximum Gasteiger partial charge on any atom is 0.368 e. The minimum Gasteiger partial charge on any atom is -0.356 e. The summed E-state index contributed by atoms with van der Waals surface area (Å²) in [6.45, 7) is 0. The Labute approximate surface area is 112 Å². The molecule has 0 aliphatic heterocycles. The first kappa shape index (κ1) is 12.1. The van der Waals surface area contributed by atoms with Crippen molar-refractivity contribution in [2.75, 3.05) is 0 Å². The molecule has 2 aromatic carbocycles. The van der Waals surface area contributed by atoms with Gasteiger partial charge in [-0.2, -0.15) is 8.78 Å². The molecule has 5 heteroatoms. The summed E-state index contributed by atoms with van der Waals surface area (Å²) >= 11 is 4.92. The third-order valence-corrected chi connectivity index (χ3v) is 3.05. The van der Waals surface area contributed by atoms with Crippen molar-refractivity contribution >= 4 is 22.4 Å². The second-order valence-corrected chi connectivity index (χ2v) is 4.58. The largest absolute Gasteiger partial charge is 0.368 e. The van der Waals surface area contributed by atoms with E-state index >= 15 is 0 Å². The Balaban J connectivity index is 2.17. The highest BCUT2D eigenvalue weighted by atomic mass is 35.5. The Bertz CT molecular complexity index is 728. The van der Waals surface area contributed by atoms with Crippen LogP contribution in [0.3, 0.4) is 0 Å². The van der Waals surface area contributed by atoms with E-state index in [4.69, 9.17) is 16.1 Å². The lowest BCUT2D eigenvalue weighted by molar-refractivity contribution is 0.0858. The third-order valence-electron chi connectivity index (χ3n) is 2.86. The van der Waals surface area contributed by atoms with Gasteiger partial charge in [-0.05, 0) is 22.4 Å². The van der Waals surface area contributed by atoms with Crippen LogP contribution in [0.1, 0.15) is 5.69 Å². The van der Waals surface area contributed by atoms with Gasteiger partial charge in [-0.1, -0.05) is 47.6 Å². The Morgan fingerprint density at radius 2 is 1.79 bits per heavy atom. The van der Waals surface area contributed by atoms with Crippen molar-refractivity contribution in [2.24, 2.45) is 0 Å². The first-order chi connectivity index (χ1) is 9.05. The van der Waals surface area contributed by atoms with Crippen molar-refractivity contribution in [1.82, 2.24) is 5.16 Å². The molecule has 19 heavy (non-hydrogen) atoms. The van der Waals surface area contributed by atoms with E-state index in [0.29, 0.717) is 5.56 Å². The molecule has 3 rings (SSSR count). The Hall–Kier alpha value is -1.94. The summed E-state index contributed by atoms with van der Waals surface area (Å²) in [6.07, 6.45) is 0. The monoisotopic (exact) mass is 279 g/mol. The average Bonchev–Trinajstić information content (AvgIpc) is 2.87. The van der Waals surface area contributed by atoms with Crippen LogP contribution >= 0.6 is 11.6 Å². The standard InChI is InChI=1S/C14H8ClF2NO/c15-14(16,17)13-8-12(19-18-13)11-7-3-5-9-4-1-2-6-10(9)11/h1-8H. The molecule has 0 radical (unpaired) electrons. The van der Waals surface area contributed by atoms with Crippen LogP contribution in [0.5, 0.6) is 0 Å². The molecule has 0 fully saturated rings. The van der Waals surface area contributed by atoms with Gasteiger partial charge in [-0.25, -0.2) is 0 Å². The molecule has 0 N–H and O–H groups in total. The van der Waals surface area contributed by atoms with Crippen LogP contribution in [0.4, 0.5) is 8.78 Å². The molecule has 0 atom stereocenters. The van der Waals surface area contributed by atoms with Crippen LogP contribution in [0, 0.1) is 0 Å². The van der Waals surface area contributed by atoms with Crippen molar-refractivity contribution in [2.45, 2.75) is 5.38 Å². The number of hydrogen-bond acceptors (Lipinski definition) is 2. The number of alkyl halides is 3. The molecule has 0 aliphatic rings. The normalized spacial score (nSPS) is 11.9. The summed E-state index contributed by atoms with van der Waals surface area (Å²) in [4.78, 5) is 0. The SMILES string of the molecule is FC(F)(Cl)c1cc(-c2cccc3ccccc23)on1. The zero-order valence-electron chi connectivity index (χ0n) is 9.61. The smallest absolute Gasteiger partial charge is 0.356 e. The fourth-order valence-electron chi connectivity index (χ4n) is 1.98. The van der Waals surface area contributed by atoms with E-state index in [1.807, 2.05) is 36.4 Å². The van der Waals surface area contributed by atoms with E-state index in [1.54, 1.807) is 6.07 Å². The lowest BCUT2D eigenvalue weighted by Gasteiger charge is -2.02. The first-order valence-electron chi connectivity index (χ1n) is 5.58. The minimum absolute atomic E-state index is 0.270. The molecule has 2 nitrogen and oxygen atoms in total. The van der Waals surface area contributed by atoms with Crippen molar-refractivity contribution in [1.29, 1.82) is 0 Å². The maximum absolute atomic E-state index is 12.9. The highest BCUT2D eigenvalue weighted by Gasteiger charge is 2.32. The molecule has 0 bridgehead atoms. The van der Waals surface area contributed by atoms with Gasteiger partial charge in [0.25, 0.3) is 0 Å². The van der Waals surface area contributed by atoms with E-state index in [-0.39, 0.29) is 5.76 Å². The molecule has 0 spiro atoms. The van der Waals surface area contributed by atoms with Gasteiger partial charge in [0, 0.05) is 11.6 Å². The fourth-order valence-corrected chi connectivity index (χ4v) is 2.07. The molecule has 0 amide bonds. The van der Waals surface area contributed by atoms with Gasteiger partial charge in [0.15, 0.2) is 11.5 Å². The Morgan fingerprint density at radius 3 is 2.53 bits per heavy atom. The lowest BCUT2D eigenvalue weighted by Crippen LogP contribution is -2.02. The van der Waals surface area contributed by atoms with Gasteiger partial charge >= 0.3 is 5.38 Å². The van der Waals surface area contributed by atoms with Gasteiger partial charge in [0.1, 0.15) is 0 Å². The molecular formula is C14H8ClF2NO. The van der Waals surface area contributed by atoms with E-state index < -0.39 is 11.1 Å². The fraction of sp³-hybridized carbons (Fsp3) is 0.0714. The van der Waals surface area contributed by atoms with Crippen LogP contribution in [-0.2, 0) is 5.38 Å². The van der Waals surface area contributed by atoms with E-state index in [1.165, 1.54) is 0 Å². The van der Waals surface area contributed by atoms with Crippen LogP contribution in [0.15, 0.2) is 53.1 Å². The second-order valence-electron chi connectivity index (χ2n) is 4.10. The molecule has 0 aliphatic carbocycles. The molecule has 0 saturated carbocycles. The molecule has 0 saturated heterocycles. The zero-order valence-corrected chi connectivity index (χ0v) is 10.4. The number of aromatic nitrogens is 1. The summed E-state index contributed by atoms with van der Waals surface area (Å²) in [5.74, 6) is 0.270. The summed E-state index contributed by atoms with van der Waals surface area (Å²) in [6, 6.07) is 14.3. The summed E-state index contributed by atoms with van der Waals surface area (Å²) in [7, 11) is 0. The summed E-state index contributed by atoms with van der Waals surface area (Å²) < 4.78 is 30.9. The number of rotatable bonds is 2. The summed E-state index contributed by atoms with van der Waals surface area (Å²) in [5, 5.41) is 1.70. The molecule has 3 aromatic rings. The number of fused-ring (bicyclic) bond motifs is 1. The first-order valence-corrected chi connectivity index (χ1v) is 5.95. The van der Waals surface area contributed by atoms with Crippen molar-refractivity contribution < 1.29 is 13.3 Å². The second kappa shape index (κ2) is 4.31. The van der Waals surface area contributed by atoms with Crippen molar-refractivity contribution in [3.8, 4) is 11.3 Å². The Kier molecular flexibility index (Phi) is 2.75. The number of halogens is 3. The van der Waals surface area contributed by atoms with E-state index in [9.17, 15) is 8.78 Å². The predicted molar refractivity (Wildman–Crippen MR) is 69.2 cm³/mol. The maximum atomic E-state index is 12.9. The summed E-state index contributed by atoms with van der Waals surface area (Å²) in [5.41, 5.74) is 0.120. The molecular weight excluding hydrogens is 272 g/mol. The molecule has 1 aromatic heterocycles. The zero-order chi connectivity index (χ0) is 13.5. The average molecular weight is 280 g/mol. The molecule has 0 unspecified atom stereocenters. The number of benzene rings is 2. The van der Waals surface area contributed by atoms with Crippen molar-refractivity contribution in [3.05, 3.63) is 54.2 Å². The van der Waals surface area contributed by atoms with Crippen LogP contribution in [-0.4, -0.2) is 5.16 Å². The minimum atomic E-state index is -3.52. The lowest BCUT2D eigenvalue weighted by atomic mass is 10.0. The van der Waals surface area contributed by atoms with Gasteiger partial charge in [0.2, 0.25) is 0 Å². The van der Waals surface area contributed by atoms with Crippen LogP contribution < -0.4 is 0 Å². The topological polar surface area (TPSA) is 26.0 Å². The van der Waals surface area contributed by atoms with Gasteiger partial charge < -0.3 is 4.52 Å². The van der Waals surface area contributed by atoms with E-state index in [0.717, 1.165) is 16.8 Å². The van der Waals surface area contributed by atoms with Gasteiger partial charge in [0.05, 0.1) is 0 Å². The highest BCUT2D eigenvalue weighted by Crippen LogP contribution is 2.35. The number of hydrogen-bond donors (Lipinski definition) is 0. The molecule has 1 heterocycles. The van der Waals surface area contributed by atoms with Crippen molar-refractivity contribution in [3.63, 3.8) is 0 Å². The highest BCUT2D eigenvalue weighted by molar-refractivity contribution is 6.21. The predicted octanol–water partition coefficient (Wildman–Crippen LogP) is 4.78. The van der Waals surface area contributed by atoms with Gasteiger partial charge in [-0.3, -0.25) is 0 Å². The van der Waals surface area contributed by atoms with Crippen LogP contribution in [0.25, 0.3) is 22.1 Å². The molecule has 96 valence electrons. The van der Waals surface area contributed by atoms with E-state index in [2.05, 4.69) is 5.16 Å². The van der Waals surface area contributed by atoms with Gasteiger partial charge in [-0.15, -0.1) is 0 Å². The number of nitrogens with zero attached hydrogens (tertiary/aromatic N) is 1. The third kappa shape index (κ3) is 2.19. The van der Waals surface area contributed by atoms with Crippen LogP contribution in [0.2, 0.25) is 0 Å². The quantitative estimate of drug-likeness (QED) is 0.631.